The molecule has 21 heavy (non-hydrogen) atoms. The van der Waals surface area contributed by atoms with Crippen LogP contribution in [-0.2, 0) is 6.42 Å². The molecule has 2 aromatic rings. The Labute approximate surface area is 132 Å². The van der Waals surface area contributed by atoms with Gasteiger partial charge in [0.1, 0.15) is 5.75 Å². The maximum atomic E-state index is 6.49. The van der Waals surface area contributed by atoms with Gasteiger partial charge in [-0.2, -0.15) is 0 Å². The average Bonchev–Trinajstić information content (AvgIpc) is 2.50. The van der Waals surface area contributed by atoms with Gasteiger partial charge in [0.25, 0.3) is 0 Å². The van der Waals surface area contributed by atoms with E-state index in [-0.39, 0.29) is 6.04 Å². The standard InChI is InChI=1S/C18H22ClNO/c1-4-20-16(15-10-7-8-13(2)18(15)19)12-14-9-5-6-11-17(14)21-3/h5-11,16,20H,4,12H2,1-3H3. The van der Waals surface area contributed by atoms with Gasteiger partial charge in [-0.1, -0.05) is 54.9 Å². The number of benzene rings is 2. The van der Waals surface area contributed by atoms with Crippen LogP contribution in [0.5, 0.6) is 5.75 Å². The molecule has 0 spiro atoms. The number of rotatable bonds is 6. The Morgan fingerprint density at radius 3 is 2.62 bits per heavy atom. The minimum atomic E-state index is 0.179. The molecule has 0 amide bonds. The van der Waals surface area contributed by atoms with Crippen molar-refractivity contribution in [3.8, 4) is 5.75 Å². The highest BCUT2D eigenvalue weighted by molar-refractivity contribution is 6.32. The highest BCUT2D eigenvalue weighted by Crippen LogP contribution is 2.30. The summed E-state index contributed by atoms with van der Waals surface area (Å²) in [7, 11) is 1.71. The summed E-state index contributed by atoms with van der Waals surface area (Å²) in [5.41, 5.74) is 3.44. The van der Waals surface area contributed by atoms with Gasteiger partial charge in [0.15, 0.2) is 0 Å². The minimum absolute atomic E-state index is 0.179. The van der Waals surface area contributed by atoms with Crippen molar-refractivity contribution in [2.75, 3.05) is 13.7 Å². The molecular formula is C18H22ClNO. The maximum Gasteiger partial charge on any atom is 0.122 e. The van der Waals surface area contributed by atoms with Crippen molar-refractivity contribution < 1.29 is 4.74 Å². The van der Waals surface area contributed by atoms with Crippen LogP contribution < -0.4 is 10.1 Å². The van der Waals surface area contributed by atoms with E-state index in [1.807, 2.05) is 31.2 Å². The SMILES string of the molecule is CCNC(Cc1ccccc1OC)c1cccc(C)c1Cl. The molecule has 0 saturated heterocycles. The minimum Gasteiger partial charge on any atom is -0.496 e. The second kappa shape index (κ2) is 7.48. The Hall–Kier alpha value is -1.51. The first-order valence-corrected chi connectivity index (χ1v) is 7.65. The summed E-state index contributed by atoms with van der Waals surface area (Å²) in [6.45, 7) is 5.04. The molecular weight excluding hydrogens is 282 g/mol. The third-order valence-electron chi connectivity index (χ3n) is 3.66. The zero-order valence-corrected chi connectivity index (χ0v) is 13.6. The predicted octanol–water partition coefficient (Wildman–Crippen LogP) is 4.55. The Balaban J connectivity index is 2.33. The molecule has 0 aliphatic heterocycles. The van der Waals surface area contributed by atoms with Gasteiger partial charge in [0.05, 0.1) is 7.11 Å². The number of hydrogen-bond donors (Lipinski definition) is 1. The second-order valence-electron chi connectivity index (χ2n) is 5.10. The zero-order valence-electron chi connectivity index (χ0n) is 12.8. The van der Waals surface area contributed by atoms with E-state index < -0.39 is 0 Å². The number of methoxy groups -OCH3 is 1. The van der Waals surface area contributed by atoms with Crippen LogP contribution in [0.4, 0.5) is 0 Å². The number of aryl methyl sites for hydroxylation is 1. The first kappa shape index (κ1) is 15.9. The van der Waals surface area contributed by atoms with Crippen LogP contribution in [0.25, 0.3) is 0 Å². The van der Waals surface area contributed by atoms with Crippen molar-refractivity contribution in [3.63, 3.8) is 0 Å². The summed E-state index contributed by atoms with van der Waals surface area (Å²) >= 11 is 6.49. The van der Waals surface area contributed by atoms with Crippen LogP contribution in [0.2, 0.25) is 5.02 Å². The van der Waals surface area contributed by atoms with Gasteiger partial charge in [-0.15, -0.1) is 0 Å². The molecule has 0 radical (unpaired) electrons. The van der Waals surface area contributed by atoms with Crippen LogP contribution >= 0.6 is 11.6 Å². The smallest absolute Gasteiger partial charge is 0.122 e. The van der Waals surface area contributed by atoms with Crippen LogP contribution in [0.1, 0.15) is 29.7 Å². The van der Waals surface area contributed by atoms with Gasteiger partial charge in [0.2, 0.25) is 0 Å². The summed E-state index contributed by atoms with van der Waals surface area (Å²) in [5.74, 6) is 0.921. The third-order valence-corrected chi connectivity index (χ3v) is 4.18. The summed E-state index contributed by atoms with van der Waals surface area (Å²) in [6.07, 6.45) is 0.848. The van der Waals surface area contributed by atoms with Crippen molar-refractivity contribution in [1.82, 2.24) is 5.32 Å². The van der Waals surface area contributed by atoms with E-state index in [9.17, 15) is 0 Å². The largest absolute Gasteiger partial charge is 0.496 e. The number of hydrogen-bond acceptors (Lipinski definition) is 2. The quantitative estimate of drug-likeness (QED) is 0.845. The Morgan fingerprint density at radius 2 is 1.90 bits per heavy atom. The average molecular weight is 304 g/mol. The van der Waals surface area contributed by atoms with Crippen LogP contribution in [0.3, 0.4) is 0 Å². The maximum absolute atomic E-state index is 6.49. The molecule has 2 rings (SSSR count). The van der Waals surface area contributed by atoms with Crippen LogP contribution in [0.15, 0.2) is 42.5 Å². The lowest BCUT2D eigenvalue weighted by Crippen LogP contribution is -2.23. The van der Waals surface area contributed by atoms with Crippen LogP contribution in [0, 0.1) is 6.92 Å². The molecule has 0 saturated carbocycles. The summed E-state index contributed by atoms with van der Waals surface area (Å²) in [4.78, 5) is 0. The molecule has 1 atom stereocenters. The van der Waals surface area contributed by atoms with Crippen molar-refractivity contribution >= 4 is 11.6 Å². The Bertz CT molecular complexity index is 598. The number of likely N-dealkylation sites (N-methyl/N-ethyl adjacent to an activating group) is 1. The van der Waals surface area contributed by atoms with Crippen molar-refractivity contribution in [2.24, 2.45) is 0 Å². The molecule has 2 nitrogen and oxygen atoms in total. The van der Waals surface area contributed by atoms with E-state index in [2.05, 4.69) is 30.4 Å². The first-order chi connectivity index (χ1) is 10.2. The van der Waals surface area contributed by atoms with Gasteiger partial charge in [0, 0.05) is 11.1 Å². The fourth-order valence-electron chi connectivity index (χ4n) is 2.57. The molecule has 0 aliphatic carbocycles. The highest BCUT2D eigenvalue weighted by atomic mass is 35.5. The molecule has 0 heterocycles. The molecule has 0 bridgehead atoms. The fraction of sp³-hybridized carbons (Fsp3) is 0.333. The van der Waals surface area contributed by atoms with Crippen molar-refractivity contribution in [3.05, 3.63) is 64.2 Å². The first-order valence-electron chi connectivity index (χ1n) is 7.27. The lowest BCUT2D eigenvalue weighted by atomic mass is 9.97. The van der Waals surface area contributed by atoms with E-state index in [4.69, 9.17) is 16.3 Å². The molecule has 0 fully saturated rings. The van der Waals surface area contributed by atoms with Gasteiger partial charge in [-0.25, -0.2) is 0 Å². The van der Waals surface area contributed by atoms with E-state index in [1.54, 1.807) is 7.11 Å². The van der Waals surface area contributed by atoms with E-state index in [1.165, 1.54) is 5.56 Å². The molecule has 112 valence electrons. The number of halogens is 1. The lowest BCUT2D eigenvalue weighted by Gasteiger charge is -2.21. The lowest BCUT2D eigenvalue weighted by molar-refractivity contribution is 0.405. The highest BCUT2D eigenvalue weighted by Gasteiger charge is 2.17. The molecule has 2 aromatic carbocycles. The number of ether oxygens (including phenoxy) is 1. The van der Waals surface area contributed by atoms with Gasteiger partial charge in [-0.3, -0.25) is 0 Å². The predicted molar refractivity (Wildman–Crippen MR) is 89.3 cm³/mol. The normalized spacial score (nSPS) is 12.2. The van der Waals surface area contributed by atoms with Gasteiger partial charge >= 0.3 is 0 Å². The molecule has 1 unspecified atom stereocenters. The summed E-state index contributed by atoms with van der Waals surface area (Å²) < 4.78 is 5.45. The van der Waals surface area contributed by atoms with Crippen LogP contribution in [-0.4, -0.2) is 13.7 Å². The molecule has 0 aliphatic rings. The number of nitrogens with one attached hydrogen (secondary N) is 1. The molecule has 0 aromatic heterocycles. The summed E-state index contributed by atoms with van der Waals surface area (Å²) in [5, 5.41) is 4.37. The fourth-order valence-corrected chi connectivity index (χ4v) is 2.83. The summed E-state index contributed by atoms with van der Waals surface area (Å²) in [6, 6.07) is 14.5. The van der Waals surface area contributed by atoms with Crippen molar-refractivity contribution in [2.45, 2.75) is 26.3 Å². The second-order valence-corrected chi connectivity index (χ2v) is 5.48. The number of para-hydroxylation sites is 1. The molecule has 3 heteroatoms. The van der Waals surface area contributed by atoms with Gasteiger partial charge in [-0.05, 0) is 42.6 Å². The third kappa shape index (κ3) is 3.78. The molecule has 1 N–H and O–H groups in total. The van der Waals surface area contributed by atoms with E-state index in [0.29, 0.717) is 0 Å². The zero-order chi connectivity index (χ0) is 15.2. The van der Waals surface area contributed by atoms with E-state index in [0.717, 1.165) is 34.9 Å². The van der Waals surface area contributed by atoms with Gasteiger partial charge < -0.3 is 10.1 Å². The van der Waals surface area contributed by atoms with Crippen molar-refractivity contribution in [1.29, 1.82) is 0 Å². The van der Waals surface area contributed by atoms with E-state index >= 15 is 0 Å². The Morgan fingerprint density at radius 1 is 1.14 bits per heavy atom. The monoisotopic (exact) mass is 303 g/mol. The Kier molecular flexibility index (Phi) is 5.66. The topological polar surface area (TPSA) is 21.3 Å².